The monoisotopic (exact) mass is 270 g/mol. The average Bonchev–Trinajstić information content (AvgIpc) is 2.26. The molecule has 0 bridgehead atoms. The van der Waals surface area contributed by atoms with Crippen molar-refractivity contribution >= 4 is 27.8 Å². The maximum Gasteiger partial charge on any atom is 0.330 e. The van der Waals surface area contributed by atoms with Gasteiger partial charge in [0.05, 0.1) is 11.5 Å². The Bertz CT molecular complexity index is 579. The van der Waals surface area contributed by atoms with Crippen molar-refractivity contribution in [3.8, 4) is 0 Å². The topological polar surface area (TPSA) is 112 Å². The number of nitrogen functional groups attached to an aromatic ring is 1. The first-order valence-electron chi connectivity index (χ1n) is 5.11. The molecule has 1 rings (SSSR count). The van der Waals surface area contributed by atoms with Crippen LogP contribution in [0.4, 0.5) is 5.69 Å². The first kappa shape index (κ1) is 14.2. The molecular formula is C11H14N2O4S. The molecule has 0 aliphatic heterocycles. The van der Waals surface area contributed by atoms with E-state index >= 15 is 0 Å². The average molecular weight is 270 g/mol. The Hall–Kier alpha value is -1.86. The minimum absolute atomic E-state index is 0.0693. The number of carbonyl (C=O) groups is 1. The number of benzene rings is 1. The summed E-state index contributed by atoms with van der Waals surface area (Å²) in [6, 6.07) is 4.00. The third kappa shape index (κ3) is 3.86. The molecular weight excluding hydrogens is 256 g/mol. The number of esters is 1. The van der Waals surface area contributed by atoms with Gasteiger partial charge in [0.15, 0.2) is 0 Å². The lowest BCUT2D eigenvalue weighted by atomic mass is 10.1. The number of ether oxygens (including phenoxy) is 1. The van der Waals surface area contributed by atoms with Gasteiger partial charge in [0, 0.05) is 11.8 Å². The molecule has 1 aromatic carbocycles. The minimum Gasteiger partial charge on any atom is -0.463 e. The largest absolute Gasteiger partial charge is 0.463 e. The van der Waals surface area contributed by atoms with Gasteiger partial charge in [-0.25, -0.2) is 18.4 Å². The van der Waals surface area contributed by atoms with Crippen molar-refractivity contribution in [2.45, 2.75) is 11.8 Å². The zero-order chi connectivity index (χ0) is 13.8. The molecule has 98 valence electrons. The molecule has 0 heterocycles. The Morgan fingerprint density at radius 1 is 1.44 bits per heavy atom. The molecule has 0 aliphatic carbocycles. The predicted molar refractivity (Wildman–Crippen MR) is 67.9 cm³/mol. The summed E-state index contributed by atoms with van der Waals surface area (Å²) in [7, 11) is -3.80. The Morgan fingerprint density at radius 2 is 2.11 bits per heavy atom. The van der Waals surface area contributed by atoms with Crippen molar-refractivity contribution in [3.63, 3.8) is 0 Å². The summed E-state index contributed by atoms with van der Waals surface area (Å²) in [5, 5.41) is 5.00. The highest BCUT2D eigenvalue weighted by molar-refractivity contribution is 7.89. The number of nitrogens with two attached hydrogens (primary N) is 2. The molecule has 6 nitrogen and oxygen atoms in total. The lowest BCUT2D eigenvalue weighted by Crippen LogP contribution is -2.12. The van der Waals surface area contributed by atoms with Crippen molar-refractivity contribution in [1.29, 1.82) is 0 Å². The third-order valence-electron chi connectivity index (χ3n) is 2.07. The van der Waals surface area contributed by atoms with E-state index in [9.17, 15) is 13.2 Å². The summed E-state index contributed by atoms with van der Waals surface area (Å²) in [5.74, 6) is -0.530. The molecule has 0 unspecified atom stereocenters. The molecule has 0 atom stereocenters. The summed E-state index contributed by atoms with van der Waals surface area (Å²) in [6.07, 6.45) is 2.55. The van der Waals surface area contributed by atoms with E-state index in [1.54, 1.807) is 6.92 Å². The van der Waals surface area contributed by atoms with Gasteiger partial charge in [-0.15, -0.1) is 0 Å². The van der Waals surface area contributed by atoms with Crippen LogP contribution in [0.3, 0.4) is 0 Å². The van der Waals surface area contributed by atoms with Crippen molar-refractivity contribution < 1.29 is 17.9 Å². The molecule has 0 fully saturated rings. The Kier molecular flexibility index (Phi) is 4.46. The Morgan fingerprint density at radius 3 is 2.67 bits per heavy atom. The van der Waals surface area contributed by atoms with E-state index in [1.165, 1.54) is 30.4 Å². The predicted octanol–water partition coefficient (Wildman–Crippen LogP) is 0.493. The minimum atomic E-state index is -3.80. The van der Waals surface area contributed by atoms with Gasteiger partial charge in [-0.05, 0) is 36.8 Å². The van der Waals surface area contributed by atoms with Crippen LogP contribution in [0, 0.1) is 0 Å². The van der Waals surface area contributed by atoms with Crippen molar-refractivity contribution in [2.75, 3.05) is 12.3 Å². The maximum atomic E-state index is 11.2. The molecule has 0 amide bonds. The van der Waals surface area contributed by atoms with Gasteiger partial charge in [0.25, 0.3) is 0 Å². The summed E-state index contributed by atoms with van der Waals surface area (Å²) in [4.78, 5) is 11.0. The normalized spacial score (nSPS) is 11.7. The van der Waals surface area contributed by atoms with Gasteiger partial charge in [0.2, 0.25) is 10.0 Å². The van der Waals surface area contributed by atoms with Gasteiger partial charge in [-0.3, -0.25) is 0 Å². The summed E-state index contributed by atoms with van der Waals surface area (Å²) < 4.78 is 27.0. The van der Waals surface area contributed by atoms with Crippen LogP contribution in [0.1, 0.15) is 12.5 Å². The highest BCUT2D eigenvalue weighted by Crippen LogP contribution is 2.18. The molecule has 0 saturated heterocycles. The van der Waals surface area contributed by atoms with Crippen LogP contribution in [0.5, 0.6) is 0 Å². The Balaban J connectivity index is 3.06. The van der Waals surface area contributed by atoms with E-state index < -0.39 is 16.0 Å². The number of sulfonamides is 1. The fourth-order valence-corrected chi connectivity index (χ4v) is 1.77. The number of hydrogen-bond donors (Lipinski definition) is 2. The van der Waals surface area contributed by atoms with Crippen molar-refractivity contribution in [1.82, 2.24) is 0 Å². The van der Waals surface area contributed by atoms with Crippen molar-refractivity contribution in [2.24, 2.45) is 5.14 Å². The summed E-state index contributed by atoms with van der Waals surface area (Å²) >= 11 is 0. The van der Waals surface area contributed by atoms with Gasteiger partial charge in [0.1, 0.15) is 0 Å². The first-order chi connectivity index (χ1) is 8.34. The molecule has 0 radical (unpaired) electrons. The number of carbonyl (C=O) groups excluding carboxylic acids is 1. The molecule has 1 aromatic rings. The fraction of sp³-hybridized carbons (Fsp3) is 0.182. The molecule has 0 aliphatic rings. The number of primary sulfonamides is 1. The zero-order valence-electron chi connectivity index (χ0n) is 9.79. The van der Waals surface area contributed by atoms with Crippen LogP contribution in [0.15, 0.2) is 29.2 Å². The molecule has 4 N–H and O–H groups in total. The van der Waals surface area contributed by atoms with Gasteiger partial charge >= 0.3 is 5.97 Å². The van der Waals surface area contributed by atoms with Crippen LogP contribution in [0.2, 0.25) is 0 Å². The van der Waals surface area contributed by atoms with Crippen LogP contribution in [-0.4, -0.2) is 21.0 Å². The van der Waals surface area contributed by atoms with Crippen molar-refractivity contribution in [3.05, 3.63) is 29.8 Å². The second-order valence-corrected chi connectivity index (χ2v) is 4.98. The second kappa shape index (κ2) is 5.65. The highest BCUT2D eigenvalue weighted by atomic mass is 32.2. The highest BCUT2D eigenvalue weighted by Gasteiger charge is 2.09. The van der Waals surface area contributed by atoms with E-state index in [-0.39, 0.29) is 11.5 Å². The standard InChI is InChI=1S/C11H14N2O4S/c1-2-17-11(14)6-3-8-7-9(18(13,15)16)4-5-10(8)12/h3-7H,2,12H2,1H3,(H2,13,15,16)/b6-3+. The molecule has 0 spiro atoms. The van der Waals surface area contributed by atoms with Gasteiger partial charge in [-0.1, -0.05) is 0 Å². The molecule has 0 aromatic heterocycles. The van der Waals surface area contributed by atoms with Gasteiger partial charge in [-0.2, -0.15) is 0 Å². The lowest BCUT2D eigenvalue weighted by molar-refractivity contribution is -0.137. The Labute approximate surface area is 105 Å². The number of anilines is 1. The molecule has 7 heteroatoms. The SMILES string of the molecule is CCOC(=O)/C=C/c1cc(S(N)(=O)=O)ccc1N. The zero-order valence-corrected chi connectivity index (χ0v) is 10.6. The molecule has 18 heavy (non-hydrogen) atoms. The lowest BCUT2D eigenvalue weighted by Gasteiger charge is -2.03. The maximum absolute atomic E-state index is 11.2. The van der Waals surface area contributed by atoms with E-state index in [4.69, 9.17) is 15.6 Å². The first-order valence-corrected chi connectivity index (χ1v) is 6.66. The van der Waals surface area contributed by atoms with Crippen LogP contribution in [-0.2, 0) is 19.6 Å². The summed E-state index contributed by atoms with van der Waals surface area (Å²) in [6.45, 7) is 1.94. The van der Waals surface area contributed by atoms with E-state index in [0.29, 0.717) is 11.3 Å². The third-order valence-corrected chi connectivity index (χ3v) is 2.98. The fourth-order valence-electron chi connectivity index (χ4n) is 1.22. The number of rotatable bonds is 4. The van der Waals surface area contributed by atoms with Gasteiger partial charge < -0.3 is 10.5 Å². The van der Waals surface area contributed by atoms with Crippen LogP contribution < -0.4 is 10.9 Å². The summed E-state index contributed by atoms with van der Waals surface area (Å²) in [5.41, 5.74) is 6.37. The second-order valence-electron chi connectivity index (χ2n) is 3.42. The van der Waals surface area contributed by atoms with E-state index in [0.717, 1.165) is 0 Å². The van der Waals surface area contributed by atoms with E-state index in [2.05, 4.69) is 0 Å². The van der Waals surface area contributed by atoms with Crippen LogP contribution >= 0.6 is 0 Å². The van der Waals surface area contributed by atoms with Crippen LogP contribution in [0.25, 0.3) is 6.08 Å². The smallest absolute Gasteiger partial charge is 0.330 e. The number of hydrogen-bond acceptors (Lipinski definition) is 5. The quantitative estimate of drug-likeness (QED) is 0.470. The molecule has 0 saturated carbocycles. The van der Waals surface area contributed by atoms with E-state index in [1.807, 2.05) is 0 Å².